The van der Waals surface area contributed by atoms with Crippen LogP contribution in [0.4, 0.5) is 0 Å². The van der Waals surface area contributed by atoms with Crippen molar-refractivity contribution in [2.75, 3.05) is 7.11 Å². The Morgan fingerprint density at radius 3 is 2.38 bits per heavy atom. The van der Waals surface area contributed by atoms with Gasteiger partial charge in [-0.05, 0) is 84.7 Å². The van der Waals surface area contributed by atoms with Crippen LogP contribution in [0, 0.1) is 19.8 Å². The molecular formula is C27H31BrN2O2. The van der Waals surface area contributed by atoms with Crippen molar-refractivity contribution in [3.63, 3.8) is 0 Å². The van der Waals surface area contributed by atoms with E-state index in [2.05, 4.69) is 54.9 Å². The molecule has 4 nitrogen and oxygen atoms in total. The van der Waals surface area contributed by atoms with Crippen LogP contribution in [0.1, 0.15) is 65.6 Å². The molecule has 1 fully saturated rings. The van der Waals surface area contributed by atoms with E-state index in [1.54, 1.807) is 11.8 Å². The summed E-state index contributed by atoms with van der Waals surface area (Å²) in [6.45, 7) is 7.01. The van der Waals surface area contributed by atoms with E-state index in [1.165, 1.54) is 29.5 Å². The molecule has 0 spiro atoms. The first-order valence-corrected chi connectivity index (χ1v) is 12.1. The van der Waals surface area contributed by atoms with Gasteiger partial charge in [-0.3, -0.25) is 4.79 Å². The number of halogens is 1. The monoisotopic (exact) mass is 494 g/mol. The number of ether oxygens (including phenoxy) is 1. The lowest BCUT2D eigenvalue weighted by molar-refractivity contribution is 0.414. The van der Waals surface area contributed by atoms with Crippen LogP contribution in [-0.4, -0.2) is 16.9 Å². The Hall–Kier alpha value is -2.40. The maximum Gasteiger partial charge on any atom is 0.270 e. The van der Waals surface area contributed by atoms with Gasteiger partial charge in [-0.1, -0.05) is 47.8 Å². The first kappa shape index (κ1) is 22.8. The number of nitrogens with zero attached hydrogens (tertiary/aromatic N) is 2. The zero-order chi connectivity index (χ0) is 22.8. The third-order valence-corrected chi connectivity index (χ3v) is 7.28. The lowest BCUT2D eigenvalue weighted by Crippen LogP contribution is -2.30. The van der Waals surface area contributed by atoms with Crippen molar-refractivity contribution in [2.24, 2.45) is 5.92 Å². The molecule has 0 saturated heterocycles. The van der Waals surface area contributed by atoms with Crippen LogP contribution in [0.5, 0.6) is 5.75 Å². The van der Waals surface area contributed by atoms with Gasteiger partial charge in [0.1, 0.15) is 5.75 Å². The van der Waals surface area contributed by atoms with E-state index in [0.29, 0.717) is 18.4 Å². The van der Waals surface area contributed by atoms with Gasteiger partial charge in [-0.15, -0.1) is 0 Å². The van der Waals surface area contributed by atoms with Crippen LogP contribution in [0.15, 0.2) is 51.7 Å². The van der Waals surface area contributed by atoms with Gasteiger partial charge in [0.15, 0.2) is 0 Å². The first-order chi connectivity index (χ1) is 15.4. The SMILES string of the molecule is COc1ccc(Cn2nc(Cc3c(C)cc(Br)cc3C)cc(C3CCCC3C)c2=O)cc1. The van der Waals surface area contributed by atoms with Crippen molar-refractivity contribution >= 4 is 15.9 Å². The molecule has 1 aliphatic rings. The molecular weight excluding hydrogens is 464 g/mol. The Morgan fingerprint density at radius 2 is 1.78 bits per heavy atom. The van der Waals surface area contributed by atoms with E-state index >= 15 is 0 Å². The fourth-order valence-electron chi connectivity index (χ4n) is 4.99. The zero-order valence-electron chi connectivity index (χ0n) is 19.3. The third-order valence-electron chi connectivity index (χ3n) is 6.82. The lowest BCUT2D eigenvalue weighted by Gasteiger charge is -2.19. The lowest BCUT2D eigenvalue weighted by atomic mass is 9.90. The molecule has 5 heteroatoms. The highest BCUT2D eigenvalue weighted by Gasteiger charge is 2.28. The van der Waals surface area contributed by atoms with E-state index in [9.17, 15) is 4.79 Å². The highest BCUT2D eigenvalue weighted by molar-refractivity contribution is 9.10. The maximum absolute atomic E-state index is 13.5. The second kappa shape index (κ2) is 9.62. The number of rotatable bonds is 6. The summed E-state index contributed by atoms with van der Waals surface area (Å²) in [7, 11) is 1.66. The van der Waals surface area contributed by atoms with Gasteiger partial charge in [0.05, 0.1) is 19.3 Å². The Kier molecular flexibility index (Phi) is 6.85. The van der Waals surface area contributed by atoms with Crippen LogP contribution in [-0.2, 0) is 13.0 Å². The molecule has 32 heavy (non-hydrogen) atoms. The molecule has 3 aromatic rings. The van der Waals surface area contributed by atoms with Gasteiger partial charge in [0.2, 0.25) is 0 Å². The van der Waals surface area contributed by atoms with Crippen LogP contribution in [0.2, 0.25) is 0 Å². The van der Waals surface area contributed by atoms with Gasteiger partial charge in [-0.25, -0.2) is 4.68 Å². The van der Waals surface area contributed by atoms with E-state index < -0.39 is 0 Å². The predicted molar refractivity (Wildman–Crippen MR) is 133 cm³/mol. The zero-order valence-corrected chi connectivity index (χ0v) is 20.9. The molecule has 1 saturated carbocycles. The molecule has 1 aromatic heterocycles. The number of hydrogen-bond donors (Lipinski definition) is 0. The molecule has 2 aromatic carbocycles. The molecule has 2 atom stereocenters. The largest absolute Gasteiger partial charge is 0.497 e. The molecule has 168 valence electrons. The van der Waals surface area contributed by atoms with Crippen molar-refractivity contribution in [3.05, 3.63) is 90.8 Å². The van der Waals surface area contributed by atoms with Gasteiger partial charge in [0.25, 0.3) is 5.56 Å². The minimum absolute atomic E-state index is 0.0487. The molecule has 0 N–H and O–H groups in total. The van der Waals surface area contributed by atoms with E-state index in [0.717, 1.165) is 39.9 Å². The Bertz CT molecular complexity index is 1140. The Balaban J connectivity index is 1.76. The highest BCUT2D eigenvalue weighted by atomic mass is 79.9. The molecule has 1 heterocycles. The smallest absolute Gasteiger partial charge is 0.270 e. The number of aromatic nitrogens is 2. The fourth-order valence-corrected chi connectivity index (χ4v) is 5.68. The predicted octanol–water partition coefficient (Wildman–Crippen LogP) is 6.17. The molecule has 0 radical (unpaired) electrons. The van der Waals surface area contributed by atoms with Crippen LogP contribution >= 0.6 is 15.9 Å². The summed E-state index contributed by atoms with van der Waals surface area (Å²) in [5.74, 6) is 1.66. The summed E-state index contributed by atoms with van der Waals surface area (Å²) >= 11 is 3.59. The summed E-state index contributed by atoms with van der Waals surface area (Å²) in [5.41, 5.74) is 6.73. The Labute approximate surface area is 198 Å². The minimum Gasteiger partial charge on any atom is -0.497 e. The first-order valence-electron chi connectivity index (χ1n) is 11.3. The van der Waals surface area contributed by atoms with Crippen molar-refractivity contribution in [2.45, 2.75) is 58.9 Å². The van der Waals surface area contributed by atoms with Gasteiger partial charge in [-0.2, -0.15) is 5.10 Å². The summed E-state index contributed by atoms with van der Waals surface area (Å²) in [6, 6.07) is 14.2. The number of benzene rings is 2. The van der Waals surface area contributed by atoms with Crippen LogP contribution < -0.4 is 10.3 Å². The van der Waals surface area contributed by atoms with Gasteiger partial charge in [0, 0.05) is 16.5 Å². The number of methoxy groups -OCH3 is 1. The minimum atomic E-state index is 0.0487. The van der Waals surface area contributed by atoms with Gasteiger partial charge < -0.3 is 4.74 Å². The molecule has 0 bridgehead atoms. The number of aryl methyl sites for hydroxylation is 2. The van der Waals surface area contributed by atoms with Crippen molar-refractivity contribution < 1.29 is 4.74 Å². The van der Waals surface area contributed by atoms with E-state index in [-0.39, 0.29) is 5.56 Å². The van der Waals surface area contributed by atoms with Gasteiger partial charge >= 0.3 is 0 Å². The average molecular weight is 495 g/mol. The Morgan fingerprint density at radius 1 is 1.09 bits per heavy atom. The standard InChI is InChI=1S/C27H31BrN2O2/c1-17-6-5-7-24(17)26-15-22(14-25-18(2)12-21(28)13-19(25)3)29-30(27(26)31)16-20-8-10-23(32-4)11-9-20/h8-13,15,17,24H,5-7,14,16H2,1-4H3. The highest BCUT2D eigenvalue weighted by Crippen LogP contribution is 2.38. The molecule has 1 aliphatic carbocycles. The summed E-state index contributed by atoms with van der Waals surface area (Å²) in [4.78, 5) is 13.5. The second-order valence-electron chi connectivity index (χ2n) is 9.11. The quantitative estimate of drug-likeness (QED) is 0.411. The topological polar surface area (TPSA) is 44.1 Å². The summed E-state index contributed by atoms with van der Waals surface area (Å²) in [6.07, 6.45) is 4.18. The third kappa shape index (κ3) is 4.83. The number of hydrogen-bond acceptors (Lipinski definition) is 3. The van der Waals surface area contributed by atoms with E-state index in [4.69, 9.17) is 9.84 Å². The normalized spacial score (nSPS) is 18.2. The summed E-state index contributed by atoms with van der Waals surface area (Å²) < 4.78 is 8.03. The van der Waals surface area contributed by atoms with Crippen molar-refractivity contribution in [1.29, 1.82) is 0 Å². The van der Waals surface area contributed by atoms with E-state index in [1.807, 2.05) is 24.3 Å². The summed E-state index contributed by atoms with van der Waals surface area (Å²) in [5, 5.41) is 4.83. The molecule has 2 unspecified atom stereocenters. The molecule has 0 amide bonds. The van der Waals surface area contributed by atoms with Crippen LogP contribution in [0.3, 0.4) is 0 Å². The maximum atomic E-state index is 13.5. The molecule has 4 rings (SSSR count). The molecule has 0 aliphatic heterocycles. The van der Waals surface area contributed by atoms with Crippen LogP contribution in [0.25, 0.3) is 0 Å². The van der Waals surface area contributed by atoms with Crippen molar-refractivity contribution in [3.8, 4) is 5.75 Å². The average Bonchev–Trinajstić information content (AvgIpc) is 3.19. The van der Waals surface area contributed by atoms with Crippen molar-refractivity contribution in [1.82, 2.24) is 9.78 Å². The fraction of sp³-hybridized carbons (Fsp3) is 0.407. The second-order valence-corrected chi connectivity index (χ2v) is 10.0.